The topological polar surface area (TPSA) is 34.1 Å². The lowest BCUT2D eigenvalue weighted by Gasteiger charge is -2.21. The van der Waals surface area contributed by atoms with Crippen LogP contribution >= 0.6 is 21.6 Å². The fourth-order valence-electron chi connectivity index (χ4n) is 3.70. The molecule has 0 aromatic heterocycles. The summed E-state index contributed by atoms with van der Waals surface area (Å²) in [4.78, 5) is 26.1. The molecule has 4 rings (SSSR count). The Morgan fingerprint density at radius 2 is 0.765 bits per heavy atom. The van der Waals surface area contributed by atoms with E-state index in [1.54, 1.807) is 21.6 Å². The van der Waals surface area contributed by atoms with Gasteiger partial charge in [-0.1, -0.05) is 143 Å². The Balaban J connectivity index is 1.53. The number of carbonyl (C=O) groups excluding carboxylic acids is 2. The monoisotopic (exact) mass is 482 g/mol. The van der Waals surface area contributed by atoms with Gasteiger partial charge in [-0.2, -0.15) is 0 Å². The van der Waals surface area contributed by atoms with Crippen molar-refractivity contribution in [2.45, 2.75) is 23.3 Å². The van der Waals surface area contributed by atoms with Gasteiger partial charge in [-0.15, -0.1) is 0 Å². The average Bonchev–Trinajstić information content (AvgIpc) is 2.92. The summed E-state index contributed by atoms with van der Waals surface area (Å²) in [5, 5.41) is -0.0334. The smallest absolute Gasteiger partial charge is 0.164 e. The molecule has 0 aliphatic carbocycles. The van der Waals surface area contributed by atoms with Crippen LogP contribution in [0.3, 0.4) is 0 Å². The maximum atomic E-state index is 13.0. The number of rotatable bonds is 11. The van der Waals surface area contributed by atoms with Crippen molar-refractivity contribution in [3.63, 3.8) is 0 Å². The normalized spacial score (nSPS) is 12.6. The zero-order valence-electron chi connectivity index (χ0n) is 18.7. The summed E-state index contributed by atoms with van der Waals surface area (Å²) in [5.41, 5.74) is 3.69. The maximum absolute atomic E-state index is 13.0. The van der Waals surface area contributed by atoms with Crippen LogP contribution in [0, 0.1) is 0 Å². The van der Waals surface area contributed by atoms with E-state index in [-0.39, 0.29) is 22.1 Å². The lowest BCUT2D eigenvalue weighted by Crippen LogP contribution is -2.07. The summed E-state index contributed by atoms with van der Waals surface area (Å²) in [6.07, 6.45) is 0.805. The van der Waals surface area contributed by atoms with Crippen molar-refractivity contribution in [2.75, 3.05) is 0 Å². The minimum Gasteiger partial charge on any atom is -0.294 e. The third-order valence-electron chi connectivity index (χ3n) is 5.56. The van der Waals surface area contributed by atoms with E-state index in [1.165, 1.54) is 0 Å². The van der Waals surface area contributed by atoms with Gasteiger partial charge in [0.05, 0.1) is 0 Å². The number of hydrogen-bond acceptors (Lipinski definition) is 4. The van der Waals surface area contributed by atoms with E-state index in [1.807, 2.05) is 97.1 Å². The Labute approximate surface area is 209 Å². The van der Waals surface area contributed by atoms with Crippen LogP contribution in [0.1, 0.15) is 55.2 Å². The molecule has 0 N–H and O–H groups in total. The molecular formula is C30H26O2S2. The molecule has 4 heteroatoms. The van der Waals surface area contributed by atoms with Gasteiger partial charge >= 0.3 is 0 Å². The molecule has 170 valence electrons. The number of hydrogen-bond donors (Lipinski definition) is 0. The minimum atomic E-state index is -0.0167. The van der Waals surface area contributed by atoms with Crippen LogP contribution in [-0.2, 0) is 0 Å². The van der Waals surface area contributed by atoms with Gasteiger partial charge in [-0.3, -0.25) is 9.59 Å². The van der Waals surface area contributed by atoms with E-state index in [0.717, 1.165) is 22.3 Å². The van der Waals surface area contributed by atoms with Crippen molar-refractivity contribution in [3.05, 3.63) is 144 Å². The zero-order chi connectivity index (χ0) is 23.6. The van der Waals surface area contributed by atoms with Crippen molar-refractivity contribution in [2.24, 2.45) is 0 Å². The first-order chi connectivity index (χ1) is 16.7. The van der Waals surface area contributed by atoms with Crippen molar-refractivity contribution in [1.82, 2.24) is 0 Å². The highest BCUT2D eigenvalue weighted by molar-refractivity contribution is 8.76. The Morgan fingerprint density at radius 1 is 0.471 bits per heavy atom. The number of Topliss-reactive ketones (excluding diaryl/α,β-unsaturated/α-hetero) is 2. The molecule has 0 aliphatic heterocycles. The van der Waals surface area contributed by atoms with Gasteiger partial charge in [0.2, 0.25) is 0 Å². The fourth-order valence-corrected chi connectivity index (χ4v) is 6.83. The molecule has 0 heterocycles. The molecule has 0 fully saturated rings. The molecule has 0 unspecified atom stereocenters. The van der Waals surface area contributed by atoms with Crippen molar-refractivity contribution >= 4 is 33.2 Å². The van der Waals surface area contributed by atoms with Crippen molar-refractivity contribution in [1.29, 1.82) is 0 Å². The molecule has 34 heavy (non-hydrogen) atoms. The highest BCUT2D eigenvalue weighted by Crippen LogP contribution is 2.49. The lowest BCUT2D eigenvalue weighted by molar-refractivity contribution is 0.0973. The first kappa shape index (κ1) is 24.1. The third-order valence-corrected chi connectivity index (χ3v) is 8.74. The molecule has 4 aromatic rings. The SMILES string of the molecule is O=C(C[C@H](SS[C@H](CC(=O)c1ccccc1)c1ccccc1)c1ccccc1)c1ccccc1. The summed E-state index contributed by atoms with van der Waals surface area (Å²) < 4.78 is 0. The fraction of sp³-hybridized carbons (Fsp3) is 0.133. The molecular weight excluding hydrogens is 456 g/mol. The predicted octanol–water partition coefficient (Wildman–Crippen LogP) is 8.40. The number of benzene rings is 4. The van der Waals surface area contributed by atoms with E-state index < -0.39 is 0 Å². The van der Waals surface area contributed by atoms with Crippen LogP contribution in [0.25, 0.3) is 0 Å². The summed E-state index contributed by atoms with van der Waals surface area (Å²) in [5.74, 6) is 0.248. The van der Waals surface area contributed by atoms with Crippen LogP contribution in [0.4, 0.5) is 0 Å². The summed E-state index contributed by atoms with van der Waals surface area (Å²) in [6, 6.07) is 39.2. The van der Waals surface area contributed by atoms with Gasteiger partial charge in [0.15, 0.2) is 11.6 Å². The Bertz CT molecular complexity index is 1080. The van der Waals surface area contributed by atoms with Crippen LogP contribution in [0.15, 0.2) is 121 Å². The number of ketones is 2. The van der Waals surface area contributed by atoms with E-state index in [9.17, 15) is 9.59 Å². The Hall–Kier alpha value is -3.08. The van der Waals surface area contributed by atoms with Gasteiger partial charge in [-0.05, 0) is 11.1 Å². The second kappa shape index (κ2) is 12.4. The summed E-state index contributed by atoms with van der Waals surface area (Å²) >= 11 is 0. The highest BCUT2D eigenvalue weighted by Gasteiger charge is 2.23. The van der Waals surface area contributed by atoms with Crippen molar-refractivity contribution < 1.29 is 9.59 Å². The zero-order valence-corrected chi connectivity index (χ0v) is 20.4. The van der Waals surface area contributed by atoms with Gasteiger partial charge < -0.3 is 0 Å². The summed E-state index contributed by atoms with van der Waals surface area (Å²) in [7, 11) is 3.36. The molecule has 0 spiro atoms. The molecule has 0 saturated carbocycles. The third kappa shape index (κ3) is 6.72. The largest absolute Gasteiger partial charge is 0.294 e. The molecule has 2 atom stereocenters. The van der Waals surface area contributed by atoms with Crippen LogP contribution in [0.5, 0.6) is 0 Å². The first-order valence-corrected chi connectivity index (χ1v) is 13.6. The standard InChI is InChI=1S/C30H26O2S2/c31-27(23-13-5-1-6-14-23)21-29(25-17-9-3-10-18-25)33-34-30(26-19-11-4-12-20-26)22-28(32)24-15-7-2-8-16-24/h1-20,29-30H,21-22H2/t29-,30+. The first-order valence-electron chi connectivity index (χ1n) is 11.3. The molecule has 0 saturated heterocycles. The van der Waals surface area contributed by atoms with Crippen molar-refractivity contribution in [3.8, 4) is 0 Å². The van der Waals surface area contributed by atoms with E-state index >= 15 is 0 Å². The summed E-state index contributed by atoms with van der Waals surface area (Å²) in [6.45, 7) is 0. The molecule has 0 amide bonds. The second-order valence-corrected chi connectivity index (χ2v) is 10.7. The van der Waals surface area contributed by atoms with Gasteiger partial charge in [0, 0.05) is 34.5 Å². The number of carbonyl (C=O) groups is 2. The van der Waals surface area contributed by atoms with Crippen LogP contribution in [-0.4, -0.2) is 11.6 Å². The van der Waals surface area contributed by atoms with Gasteiger partial charge in [-0.25, -0.2) is 0 Å². The highest BCUT2D eigenvalue weighted by atomic mass is 33.1. The average molecular weight is 483 g/mol. The van der Waals surface area contributed by atoms with E-state index in [2.05, 4.69) is 24.3 Å². The Kier molecular flexibility index (Phi) is 8.78. The quantitative estimate of drug-likeness (QED) is 0.159. The predicted molar refractivity (Wildman–Crippen MR) is 144 cm³/mol. The van der Waals surface area contributed by atoms with E-state index in [4.69, 9.17) is 0 Å². The molecule has 0 aliphatic rings. The lowest BCUT2D eigenvalue weighted by atomic mass is 10.0. The molecule has 0 bridgehead atoms. The van der Waals surface area contributed by atoms with Crippen LogP contribution < -0.4 is 0 Å². The minimum absolute atomic E-state index is 0.0167. The molecule has 4 aromatic carbocycles. The molecule has 0 radical (unpaired) electrons. The second-order valence-electron chi connectivity index (χ2n) is 7.98. The maximum Gasteiger partial charge on any atom is 0.164 e. The van der Waals surface area contributed by atoms with Crippen LogP contribution in [0.2, 0.25) is 0 Å². The van der Waals surface area contributed by atoms with Gasteiger partial charge in [0.25, 0.3) is 0 Å². The van der Waals surface area contributed by atoms with E-state index in [0.29, 0.717) is 12.8 Å². The molecule has 2 nitrogen and oxygen atoms in total. The Morgan fingerprint density at radius 3 is 1.09 bits per heavy atom. The van der Waals surface area contributed by atoms with Gasteiger partial charge in [0.1, 0.15) is 0 Å².